The quantitative estimate of drug-likeness (QED) is 0.686. The van der Waals surface area contributed by atoms with Crippen molar-refractivity contribution in [2.75, 3.05) is 6.26 Å². The van der Waals surface area contributed by atoms with Gasteiger partial charge in [-0.25, -0.2) is 0 Å². The first kappa shape index (κ1) is 8.62. The van der Waals surface area contributed by atoms with E-state index in [1.807, 2.05) is 0 Å². The molecule has 1 rings (SSSR count). The van der Waals surface area contributed by atoms with E-state index < -0.39 is 0 Å². The van der Waals surface area contributed by atoms with Crippen LogP contribution in [-0.2, 0) is 20.8 Å². The summed E-state index contributed by atoms with van der Waals surface area (Å²) in [6.45, 7) is 0. The molecular formula is C7H15NS2. The molecule has 1 atom stereocenters. The van der Waals surface area contributed by atoms with Gasteiger partial charge in [0.25, 0.3) is 0 Å². The molecule has 1 N–H and O–H groups in total. The van der Waals surface area contributed by atoms with Crippen LogP contribution in [0.15, 0.2) is 0 Å². The Labute approximate surface area is 70.3 Å². The molecule has 3 heteroatoms. The maximum atomic E-state index is 5.08. The zero-order valence-electron chi connectivity index (χ0n) is 6.43. The molecule has 0 spiro atoms. The highest BCUT2D eigenvalue weighted by atomic mass is 32.8. The number of rotatable bonds is 2. The van der Waals surface area contributed by atoms with E-state index in [-0.39, 0.29) is 9.64 Å². The lowest BCUT2D eigenvalue weighted by atomic mass is 9.96. The standard InChI is InChI=1S/C7H15NS2/c1-10(9)8-7-5-3-2-4-6-7/h7-8H,2-6H2,1H3. The number of hydrogen-bond donors (Lipinski definition) is 1. The van der Waals surface area contributed by atoms with Crippen molar-refractivity contribution < 1.29 is 0 Å². The van der Waals surface area contributed by atoms with Gasteiger partial charge in [0.1, 0.15) is 0 Å². The molecule has 0 amide bonds. The van der Waals surface area contributed by atoms with E-state index in [0.717, 1.165) is 6.04 Å². The summed E-state index contributed by atoms with van der Waals surface area (Å²) in [4.78, 5) is 0. The van der Waals surface area contributed by atoms with Crippen molar-refractivity contribution in [3.8, 4) is 0 Å². The third-order valence-corrected chi connectivity index (χ3v) is 2.89. The zero-order valence-corrected chi connectivity index (χ0v) is 8.06. The predicted molar refractivity (Wildman–Crippen MR) is 50.7 cm³/mol. The van der Waals surface area contributed by atoms with Gasteiger partial charge in [-0.3, -0.25) is 4.72 Å². The third kappa shape index (κ3) is 3.08. The van der Waals surface area contributed by atoms with Crippen molar-refractivity contribution in [1.82, 2.24) is 4.72 Å². The van der Waals surface area contributed by atoms with Gasteiger partial charge >= 0.3 is 0 Å². The van der Waals surface area contributed by atoms with Crippen molar-refractivity contribution in [3.63, 3.8) is 0 Å². The Balaban J connectivity index is 2.19. The zero-order chi connectivity index (χ0) is 7.40. The molecule has 1 nitrogen and oxygen atoms in total. The average Bonchev–Trinajstić information content (AvgIpc) is 1.88. The molecule has 0 aliphatic heterocycles. The van der Waals surface area contributed by atoms with Crippen LogP contribution in [0, 0.1) is 0 Å². The van der Waals surface area contributed by atoms with Gasteiger partial charge in [-0.2, -0.15) is 0 Å². The first-order valence-corrected chi connectivity index (χ1v) is 6.44. The highest BCUT2D eigenvalue weighted by molar-refractivity contribution is 8.27. The van der Waals surface area contributed by atoms with Crippen LogP contribution in [0.4, 0.5) is 0 Å². The van der Waals surface area contributed by atoms with Gasteiger partial charge < -0.3 is 0 Å². The van der Waals surface area contributed by atoms with E-state index >= 15 is 0 Å². The maximum Gasteiger partial charge on any atom is 0.0174 e. The van der Waals surface area contributed by atoms with Crippen LogP contribution in [0.2, 0.25) is 0 Å². The van der Waals surface area contributed by atoms with Crippen molar-refractivity contribution in [2.45, 2.75) is 38.1 Å². The number of nitrogens with one attached hydrogen (secondary N) is 1. The van der Waals surface area contributed by atoms with E-state index in [2.05, 4.69) is 11.0 Å². The molecule has 10 heavy (non-hydrogen) atoms. The lowest BCUT2D eigenvalue weighted by Gasteiger charge is -2.22. The lowest BCUT2D eigenvalue weighted by Crippen LogP contribution is -2.31. The molecule has 0 saturated heterocycles. The minimum atomic E-state index is 0.0202. The highest BCUT2D eigenvalue weighted by Crippen LogP contribution is 2.17. The Bertz CT molecular complexity index is 119. The monoisotopic (exact) mass is 177 g/mol. The Morgan fingerprint density at radius 3 is 2.40 bits per heavy atom. The summed E-state index contributed by atoms with van der Waals surface area (Å²) in [7, 11) is 0.0202. The Kier molecular flexibility index (Phi) is 3.81. The molecule has 0 bridgehead atoms. The molecule has 0 aromatic rings. The maximum absolute atomic E-state index is 5.08. The molecule has 0 radical (unpaired) electrons. The normalized spacial score (nSPS) is 24.5. The first-order chi connectivity index (χ1) is 4.79. The van der Waals surface area contributed by atoms with Crippen molar-refractivity contribution in [3.05, 3.63) is 0 Å². The van der Waals surface area contributed by atoms with Crippen LogP contribution in [0.5, 0.6) is 0 Å². The second-order valence-corrected chi connectivity index (χ2v) is 5.55. The second-order valence-electron chi connectivity index (χ2n) is 2.91. The van der Waals surface area contributed by atoms with E-state index in [9.17, 15) is 0 Å². The van der Waals surface area contributed by atoms with Crippen LogP contribution in [-0.4, -0.2) is 12.3 Å². The van der Waals surface area contributed by atoms with Gasteiger partial charge in [0.2, 0.25) is 0 Å². The molecule has 0 heterocycles. The molecule has 0 aromatic carbocycles. The lowest BCUT2D eigenvalue weighted by molar-refractivity contribution is 0.423. The summed E-state index contributed by atoms with van der Waals surface area (Å²) in [6.07, 6.45) is 8.97. The van der Waals surface area contributed by atoms with Crippen LogP contribution >= 0.6 is 0 Å². The summed E-state index contributed by atoms with van der Waals surface area (Å²) < 4.78 is 3.42. The fourth-order valence-corrected chi connectivity index (χ4v) is 2.57. The SMILES string of the molecule is CS(=S)NC1CCCCC1. The van der Waals surface area contributed by atoms with E-state index in [1.54, 1.807) is 0 Å². The molecule has 1 aliphatic rings. The molecule has 1 saturated carbocycles. The van der Waals surface area contributed by atoms with Gasteiger partial charge in [0, 0.05) is 6.04 Å². The minimum absolute atomic E-state index is 0.0202. The number of hydrogen-bond acceptors (Lipinski definition) is 1. The smallest absolute Gasteiger partial charge is 0.0174 e. The average molecular weight is 177 g/mol. The van der Waals surface area contributed by atoms with Crippen molar-refractivity contribution in [2.24, 2.45) is 0 Å². The molecular weight excluding hydrogens is 162 g/mol. The summed E-state index contributed by atoms with van der Waals surface area (Å²) >= 11 is 5.08. The first-order valence-electron chi connectivity index (χ1n) is 3.88. The van der Waals surface area contributed by atoms with Gasteiger partial charge in [0.15, 0.2) is 0 Å². The van der Waals surface area contributed by atoms with Gasteiger partial charge in [0.05, 0.1) is 0 Å². The van der Waals surface area contributed by atoms with Crippen molar-refractivity contribution >= 4 is 20.8 Å². The fourth-order valence-electron chi connectivity index (χ4n) is 1.46. The van der Waals surface area contributed by atoms with E-state index in [4.69, 9.17) is 11.2 Å². The van der Waals surface area contributed by atoms with Crippen LogP contribution in [0.3, 0.4) is 0 Å². The Morgan fingerprint density at radius 2 is 1.90 bits per heavy atom. The topological polar surface area (TPSA) is 12.0 Å². The fraction of sp³-hybridized carbons (Fsp3) is 1.00. The highest BCUT2D eigenvalue weighted by Gasteiger charge is 2.11. The van der Waals surface area contributed by atoms with E-state index in [1.165, 1.54) is 32.1 Å². The van der Waals surface area contributed by atoms with Gasteiger partial charge in [-0.1, -0.05) is 28.9 Å². The minimum Gasteiger partial charge on any atom is -0.258 e. The molecule has 0 aromatic heterocycles. The molecule has 60 valence electrons. The van der Waals surface area contributed by atoms with Gasteiger partial charge in [-0.05, 0) is 30.3 Å². The van der Waals surface area contributed by atoms with Crippen LogP contribution < -0.4 is 4.72 Å². The predicted octanol–water partition coefficient (Wildman–Crippen LogP) is 1.53. The summed E-state index contributed by atoms with van der Waals surface area (Å²) in [6, 6.07) is 0.736. The Morgan fingerprint density at radius 1 is 1.30 bits per heavy atom. The largest absolute Gasteiger partial charge is 0.258 e. The molecule has 1 aliphatic carbocycles. The van der Waals surface area contributed by atoms with Gasteiger partial charge in [-0.15, -0.1) is 0 Å². The summed E-state index contributed by atoms with van der Waals surface area (Å²) in [5.74, 6) is 0. The third-order valence-electron chi connectivity index (χ3n) is 1.94. The summed E-state index contributed by atoms with van der Waals surface area (Å²) in [5, 5.41) is 0. The van der Waals surface area contributed by atoms with Crippen LogP contribution in [0.1, 0.15) is 32.1 Å². The van der Waals surface area contributed by atoms with Crippen molar-refractivity contribution in [1.29, 1.82) is 0 Å². The molecule has 1 unspecified atom stereocenters. The summed E-state index contributed by atoms with van der Waals surface area (Å²) in [5.41, 5.74) is 0. The van der Waals surface area contributed by atoms with E-state index in [0.29, 0.717) is 0 Å². The second kappa shape index (κ2) is 4.42. The van der Waals surface area contributed by atoms with Crippen LogP contribution in [0.25, 0.3) is 0 Å². The molecule has 1 fully saturated rings. The Hall–Kier alpha value is 0.530.